The van der Waals surface area contributed by atoms with Crippen LogP contribution in [0.25, 0.3) is 0 Å². The molecule has 2 fully saturated rings. The van der Waals surface area contributed by atoms with Crippen LogP contribution in [-0.2, 0) is 19.9 Å². The van der Waals surface area contributed by atoms with Gasteiger partial charge in [-0.25, -0.2) is 4.39 Å². The molecule has 3 heterocycles. The van der Waals surface area contributed by atoms with Gasteiger partial charge >= 0.3 is 0 Å². The van der Waals surface area contributed by atoms with Crippen LogP contribution in [0.2, 0.25) is 10.0 Å². The second-order valence-electron chi connectivity index (χ2n) is 7.38. The molecule has 2 N–H and O–H groups in total. The first-order valence-electron chi connectivity index (χ1n) is 8.98. The number of halogens is 3. The average molecular weight is 434 g/mol. The highest BCUT2D eigenvalue weighted by atomic mass is 35.5. The number of likely N-dealkylation sites (tertiary alicyclic amines) is 1. The molecule has 4 atom stereocenters. The summed E-state index contributed by atoms with van der Waals surface area (Å²) < 4.78 is 15.1. The third kappa shape index (κ3) is 2.20. The predicted molar refractivity (Wildman–Crippen MR) is 104 cm³/mol. The quantitative estimate of drug-likeness (QED) is 0.714. The van der Waals surface area contributed by atoms with Crippen molar-refractivity contribution in [3.63, 3.8) is 0 Å². The number of nitrogens with one attached hydrogen (secondary N) is 2. The van der Waals surface area contributed by atoms with E-state index < -0.39 is 35.1 Å². The van der Waals surface area contributed by atoms with Crippen molar-refractivity contribution in [3.05, 3.63) is 63.4 Å². The number of carbonyl (C=O) groups is 3. The van der Waals surface area contributed by atoms with E-state index in [2.05, 4.69) is 10.6 Å². The van der Waals surface area contributed by atoms with Crippen LogP contribution in [0.15, 0.2) is 36.4 Å². The lowest BCUT2D eigenvalue weighted by Gasteiger charge is -2.37. The fraction of sp³-hybridized carbons (Fsp3) is 0.250. The fourth-order valence-electron chi connectivity index (χ4n) is 5.15. The lowest BCUT2D eigenvalue weighted by molar-refractivity contribution is -0.136. The molecule has 5 rings (SSSR count). The summed E-state index contributed by atoms with van der Waals surface area (Å²) in [5, 5.41) is 5.77. The number of carbonyl (C=O) groups excluding carboxylic acids is 3. The molecule has 0 radical (unpaired) electrons. The minimum atomic E-state index is -1.58. The zero-order valence-electron chi connectivity index (χ0n) is 14.8. The molecule has 1 spiro atoms. The van der Waals surface area contributed by atoms with Gasteiger partial charge in [-0.3, -0.25) is 14.4 Å². The minimum absolute atomic E-state index is 0.117. The first-order chi connectivity index (χ1) is 13.9. The van der Waals surface area contributed by atoms with Gasteiger partial charge in [-0.15, -0.1) is 0 Å². The van der Waals surface area contributed by atoms with Crippen LogP contribution in [0.3, 0.4) is 0 Å². The number of hydrogen-bond acceptors (Lipinski definition) is 3. The molecule has 0 unspecified atom stereocenters. The monoisotopic (exact) mass is 433 g/mol. The van der Waals surface area contributed by atoms with E-state index in [9.17, 15) is 14.4 Å². The van der Waals surface area contributed by atoms with Crippen molar-refractivity contribution in [3.8, 4) is 0 Å². The number of nitrogens with zero attached hydrogens (tertiary/aromatic N) is 1. The Labute approximate surface area is 175 Å². The molecule has 0 saturated carbocycles. The zero-order valence-corrected chi connectivity index (χ0v) is 16.3. The maximum absolute atomic E-state index is 15.1. The SMILES string of the molecule is O=CN1[C@H]2CNC(=O)[C@H]2[C@H](c2cccc(Cl)c2F)[C@]12C(=O)Nc1cc(Cl)ccc12. The first-order valence-corrected chi connectivity index (χ1v) is 9.73. The summed E-state index contributed by atoms with van der Waals surface area (Å²) in [6.45, 7) is 0.179. The Morgan fingerprint density at radius 3 is 2.76 bits per heavy atom. The van der Waals surface area contributed by atoms with Gasteiger partial charge in [0.2, 0.25) is 12.3 Å². The van der Waals surface area contributed by atoms with Crippen molar-refractivity contribution in [1.29, 1.82) is 0 Å². The molecule has 2 aromatic carbocycles. The molecule has 0 bridgehead atoms. The summed E-state index contributed by atoms with van der Waals surface area (Å²) in [7, 11) is 0. The van der Waals surface area contributed by atoms with E-state index in [-0.39, 0.29) is 23.0 Å². The normalized spacial score (nSPS) is 29.6. The smallest absolute Gasteiger partial charge is 0.255 e. The highest BCUT2D eigenvalue weighted by Gasteiger charge is 2.70. The number of rotatable bonds is 2. The van der Waals surface area contributed by atoms with E-state index in [1.807, 2.05) is 0 Å². The minimum Gasteiger partial charge on any atom is -0.354 e. The van der Waals surface area contributed by atoms with Crippen molar-refractivity contribution in [2.45, 2.75) is 17.5 Å². The van der Waals surface area contributed by atoms with Gasteiger partial charge in [0.15, 0.2) is 5.54 Å². The number of fused-ring (bicyclic) bond motifs is 3. The van der Waals surface area contributed by atoms with Crippen LogP contribution in [-0.4, -0.2) is 35.7 Å². The van der Waals surface area contributed by atoms with Gasteiger partial charge in [-0.1, -0.05) is 41.4 Å². The second-order valence-corrected chi connectivity index (χ2v) is 8.23. The van der Waals surface area contributed by atoms with Crippen molar-refractivity contribution in [1.82, 2.24) is 10.2 Å². The number of amides is 3. The lowest BCUT2D eigenvalue weighted by Crippen LogP contribution is -2.52. The molecular weight excluding hydrogens is 420 g/mol. The van der Waals surface area contributed by atoms with Crippen molar-refractivity contribution < 1.29 is 18.8 Å². The molecule has 6 nitrogen and oxygen atoms in total. The number of anilines is 1. The standard InChI is InChI=1S/C20H14Cl2FN3O3/c21-9-4-5-11-13(6-9)25-19(29)20(11)16(10-2-1-3-12(22)17(10)23)15-14(26(20)8-27)7-24-18(15)28/h1-6,8,14-16H,7H2,(H,24,28)(H,25,29)/t14-,15+,16-,20+/m0/s1. The molecule has 9 heteroatoms. The van der Waals surface area contributed by atoms with Gasteiger partial charge < -0.3 is 15.5 Å². The largest absolute Gasteiger partial charge is 0.354 e. The summed E-state index contributed by atoms with van der Waals surface area (Å²) in [6, 6.07) is 8.68. The van der Waals surface area contributed by atoms with Crippen molar-refractivity contribution in [2.75, 3.05) is 11.9 Å². The van der Waals surface area contributed by atoms with Crippen LogP contribution < -0.4 is 10.6 Å². The van der Waals surface area contributed by atoms with E-state index >= 15 is 4.39 Å². The third-order valence-electron chi connectivity index (χ3n) is 6.19. The van der Waals surface area contributed by atoms with E-state index in [1.165, 1.54) is 17.0 Å². The second kappa shape index (κ2) is 6.18. The Bertz CT molecular complexity index is 1090. The van der Waals surface area contributed by atoms with Gasteiger partial charge in [0.1, 0.15) is 5.82 Å². The van der Waals surface area contributed by atoms with Gasteiger partial charge in [-0.2, -0.15) is 0 Å². The molecule has 0 aliphatic carbocycles. The molecule has 3 amide bonds. The summed E-state index contributed by atoms with van der Waals surface area (Å²) in [4.78, 5) is 39.7. The van der Waals surface area contributed by atoms with Gasteiger partial charge in [0.25, 0.3) is 5.91 Å². The van der Waals surface area contributed by atoms with Crippen LogP contribution >= 0.6 is 23.2 Å². The Morgan fingerprint density at radius 2 is 2.00 bits per heavy atom. The maximum Gasteiger partial charge on any atom is 0.255 e. The molecule has 3 aliphatic heterocycles. The topological polar surface area (TPSA) is 78.5 Å². The lowest BCUT2D eigenvalue weighted by atomic mass is 9.71. The highest BCUT2D eigenvalue weighted by molar-refractivity contribution is 6.31. The van der Waals surface area contributed by atoms with Gasteiger partial charge in [0, 0.05) is 28.7 Å². The summed E-state index contributed by atoms with van der Waals surface area (Å²) in [6.07, 6.45) is 0.559. The Hall–Kier alpha value is -2.64. The Kier molecular flexibility index (Phi) is 3.92. The van der Waals surface area contributed by atoms with E-state index in [4.69, 9.17) is 23.2 Å². The molecule has 0 aromatic heterocycles. The third-order valence-corrected chi connectivity index (χ3v) is 6.72. The van der Waals surface area contributed by atoms with Crippen LogP contribution in [0.1, 0.15) is 17.0 Å². The molecule has 148 valence electrons. The van der Waals surface area contributed by atoms with E-state index in [0.29, 0.717) is 22.7 Å². The van der Waals surface area contributed by atoms with Crippen molar-refractivity contribution >= 4 is 47.1 Å². The molecular formula is C20H14Cl2FN3O3. The van der Waals surface area contributed by atoms with E-state index in [0.717, 1.165) is 0 Å². The fourth-order valence-corrected chi connectivity index (χ4v) is 5.50. The van der Waals surface area contributed by atoms with Crippen LogP contribution in [0.5, 0.6) is 0 Å². The Morgan fingerprint density at radius 1 is 1.21 bits per heavy atom. The number of benzene rings is 2. The summed E-state index contributed by atoms with van der Waals surface area (Å²) in [5.74, 6) is -3.31. The molecule has 29 heavy (non-hydrogen) atoms. The molecule has 2 saturated heterocycles. The summed E-state index contributed by atoms with van der Waals surface area (Å²) >= 11 is 12.1. The van der Waals surface area contributed by atoms with Crippen molar-refractivity contribution in [2.24, 2.45) is 5.92 Å². The highest BCUT2D eigenvalue weighted by Crippen LogP contribution is 2.60. The first kappa shape index (κ1) is 18.4. The predicted octanol–water partition coefficient (Wildman–Crippen LogP) is 2.65. The number of hydrogen-bond donors (Lipinski definition) is 2. The van der Waals surface area contributed by atoms with E-state index in [1.54, 1.807) is 24.3 Å². The Balaban J connectivity index is 1.85. The molecule has 2 aromatic rings. The summed E-state index contributed by atoms with van der Waals surface area (Å²) in [5.41, 5.74) is -0.556. The van der Waals surface area contributed by atoms with Crippen LogP contribution in [0, 0.1) is 11.7 Å². The van der Waals surface area contributed by atoms with Crippen LogP contribution in [0.4, 0.5) is 10.1 Å². The average Bonchev–Trinajstić information content (AvgIpc) is 3.29. The van der Waals surface area contributed by atoms with Gasteiger partial charge in [-0.05, 0) is 23.8 Å². The van der Waals surface area contributed by atoms with Gasteiger partial charge in [0.05, 0.1) is 17.0 Å². The molecule has 3 aliphatic rings. The maximum atomic E-state index is 15.1. The zero-order chi connectivity index (χ0) is 20.5.